The van der Waals surface area contributed by atoms with E-state index in [0.717, 1.165) is 30.3 Å². The smallest absolute Gasteiger partial charge is 0.153 e. The zero-order valence-corrected chi connectivity index (χ0v) is 12.0. The van der Waals surface area contributed by atoms with E-state index in [1.165, 1.54) is 0 Å². The van der Waals surface area contributed by atoms with Gasteiger partial charge in [-0.2, -0.15) is 5.10 Å². The van der Waals surface area contributed by atoms with E-state index in [0.29, 0.717) is 6.54 Å². The van der Waals surface area contributed by atoms with Crippen LogP contribution < -0.4 is 5.32 Å². The Morgan fingerprint density at radius 2 is 2.10 bits per heavy atom. The van der Waals surface area contributed by atoms with Crippen LogP contribution in [0.3, 0.4) is 0 Å². The fourth-order valence-electron chi connectivity index (χ4n) is 2.16. The molecule has 6 heteroatoms. The molecule has 3 rings (SSSR count). The zero-order valence-electron chi connectivity index (χ0n) is 12.0. The highest BCUT2D eigenvalue weighted by molar-refractivity contribution is 5.43. The van der Waals surface area contributed by atoms with Crippen LogP contribution in [0.25, 0.3) is 5.82 Å². The van der Waals surface area contributed by atoms with Crippen LogP contribution in [0.4, 0.5) is 5.69 Å². The molecule has 3 heterocycles. The van der Waals surface area contributed by atoms with Crippen molar-refractivity contribution in [3.63, 3.8) is 0 Å². The molecule has 0 saturated heterocycles. The van der Waals surface area contributed by atoms with Crippen LogP contribution in [0, 0.1) is 0 Å². The van der Waals surface area contributed by atoms with Gasteiger partial charge in [0, 0.05) is 31.3 Å². The predicted molar refractivity (Wildman–Crippen MR) is 81.2 cm³/mol. The molecule has 0 amide bonds. The average Bonchev–Trinajstić information content (AvgIpc) is 3.18. The molecular formula is C15H18N6. The van der Waals surface area contributed by atoms with Crippen LogP contribution in [0.2, 0.25) is 0 Å². The van der Waals surface area contributed by atoms with E-state index in [1.54, 1.807) is 10.9 Å². The van der Waals surface area contributed by atoms with Gasteiger partial charge in [-0.25, -0.2) is 14.6 Å². The average molecular weight is 282 g/mol. The molecule has 6 nitrogen and oxygen atoms in total. The molecule has 3 aromatic heterocycles. The Balaban J connectivity index is 1.64. The van der Waals surface area contributed by atoms with Crippen molar-refractivity contribution < 1.29 is 0 Å². The van der Waals surface area contributed by atoms with Crippen molar-refractivity contribution in [1.82, 2.24) is 24.3 Å². The Labute approximate surface area is 123 Å². The molecule has 0 atom stereocenters. The third-order valence-corrected chi connectivity index (χ3v) is 3.20. The molecule has 0 unspecified atom stereocenters. The number of aryl methyl sites for hydroxylation is 1. The lowest BCUT2D eigenvalue weighted by atomic mass is 10.4. The Morgan fingerprint density at radius 1 is 1.14 bits per heavy atom. The second-order valence-corrected chi connectivity index (χ2v) is 4.75. The number of rotatable bonds is 6. The van der Waals surface area contributed by atoms with Gasteiger partial charge < -0.3 is 9.88 Å². The maximum atomic E-state index is 4.39. The van der Waals surface area contributed by atoms with E-state index in [-0.39, 0.29) is 0 Å². The molecule has 1 N–H and O–H groups in total. The number of imidazole rings is 1. The van der Waals surface area contributed by atoms with Gasteiger partial charge in [-0.15, -0.1) is 0 Å². The van der Waals surface area contributed by atoms with Crippen molar-refractivity contribution >= 4 is 5.69 Å². The first-order valence-corrected chi connectivity index (χ1v) is 7.07. The highest BCUT2D eigenvalue weighted by Crippen LogP contribution is 2.10. The van der Waals surface area contributed by atoms with Gasteiger partial charge in [0.1, 0.15) is 5.82 Å². The third kappa shape index (κ3) is 3.10. The highest BCUT2D eigenvalue weighted by Gasteiger charge is 2.03. The summed E-state index contributed by atoms with van der Waals surface area (Å²) < 4.78 is 3.90. The first-order chi connectivity index (χ1) is 10.4. The number of anilines is 1. The molecular weight excluding hydrogens is 264 g/mol. The minimum atomic E-state index is 0.690. The number of aromatic nitrogens is 5. The van der Waals surface area contributed by atoms with E-state index >= 15 is 0 Å². The lowest BCUT2D eigenvalue weighted by molar-refractivity contribution is 0.644. The van der Waals surface area contributed by atoms with Gasteiger partial charge in [0.25, 0.3) is 0 Å². The first-order valence-electron chi connectivity index (χ1n) is 7.07. The molecule has 0 aromatic carbocycles. The van der Waals surface area contributed by atoms with Crippen molar-refractivity contribution in [2.75, 3.05) is 5.32 Å². The Morgan fingerprint density at radius 3 is 2.81 bits per heavy atom. The second kappa shape index (κ2) is 6.21. The van der Waals surface area contributed by atoms with Gasteiger partial charge in [-0.3, -0.25) is 0 Å². The van der Waals surface area contributed by atoms with Crippen LogP contribution >= 0.6 is 0 Å². The van der Waals surface area contributed by atoms with Crippen molar-refractivity contribution in [1.29, 1.82) is 0 Å². The fraction of sp³-hybridized carbons (Fsp3) is 0.267. The molecule has 0 radical (unpaired) electrons. The monoisotopic (exact) mass is 282 g/mol. The third-order valence-electron chi connectivity index (χ3n) is 3.20. The van der Waals surface area contributed by atoms with Crippen molar-refractivity contribution in [2.24, 2.45) is 0 Å². The Hall–Kier alpha value is -2.63. The van der Waals surface area contributed by atoms with Crippen LogP contribution in [-0.4, -0.2) is 24.3 Å². The summed E-state index contributed by atoms with van der Waals surface area (Å²) in [6.45, 7) is 3.85. The molecule has 0 aliphatic heterocycles. The molecule has 3 aromatic rings. The van der Waals surface area contributed by atoms with Crippen molar-refractivity contribution in [3.05, 3.63) is 55.0 Å². The fourth-order valence-corrected chi connectivity index (χ4v) is 2.16. The Bertz CT molecular complexity index is 669. The van der Waals surface area contributed by atoms with E-state index in [1.807, 2.05) is 43.0 Å². The number of pyridine rings is 1. The Kier molecular flexibility index (Phi) is 3.95. The molecule has 108 valence electrons. The maximum Gasteiger partial charge on any atom is 0.153 e. The number of nitrogens with zero attached hydrogens (tertiary/aromatic N) is 5. The van der Waals surface area contributed by atoms with E-state index in [4.69, 9.17) is 0 Å². The summed E-state index contributed by atoms with van der Waals surface area (Å²) in [7, 11) is 0. The van der Waals surface area contributed by atoms with Gasteiger partial charge in [0.05, 0.1) is 18.4 Å². The lowest BCUT2D eigenvalue weighted by Crippen LogP contribution is -2.08. The molecule has 0 aliphatic carbocycles. The maximum absolute atomic E-state index is 4.39. The number of hydrogen-bond acceptors (Lipinski definition) is 4. The number of nitrogens with one attached hydrogen (secondary N) is 1. The van der Waals surface area contributed by atoms with E-state index in [9.17, 15) is 0 Å². The summed E-state index contributed by atoms with van der Waals surface area (Å²) in [4.78, 5) is 8.76. The lowest BCUT2D eigenvalue weighted by Gasteiger charge is -2.09. The van der Waals surface area contributed by atoms with Crippen LogP contribution in [0.15, 0.2) is 49.2 Å². The summed E-state index contributed by atoms with van der Waals surface area (Å²) >= 11 is 0. The SMILES string of the molecule is CCCn1ccnc1CNc1ccc(-n2cccn2)nc1. The van der Waals surface area contributed by atoms with Crippen LogP contribution in [-0.2, 0) is 13.1 Å². The first kappa shape index (κ1) is 13.4. The topological polar surface area (TPSA) is 60.6 Å². The van der Waals surface area contributed by atoms with E-state index in [2.05, 4.69) is 31.9 Å². The highest BCUT2D eigenvalue weighted by atomic mass is 15.3. The largest absolute Gasteiger partial charge is 0.377 e. The van der Waals surface area contributed by atoms with Crippen LogP contribution in [0.1, 0.15) is 19.2 Å². The molecule has 0 aliphatic rings. The molecule has 0 saturated carbocycles. The summed E-state index contributed by atoms with van der Waals surface area (Å²) in [5.41, 5.74) is 0.969. The van der Waals surface area contributed by atoms with Gasteiger partial charge in [0.2, 0.25) is 0 Å². The molecule has 21 heavy (non-hydrogen) atoms. The number of hydrogen-bond donors (Lipinski definition) is 1. The van der Waals surface area contributed by atoms with Gasteiger partial charge >= 0.3 is 0 Å². The van der Waals surface area contributed by atoms with Gasteiger partial charge in [-0.1, -0.05) is 6.92 Å². The van der Waals surface area contributed by atoms with E-state index < -0.39 is 0 Å². The van der Waals surface area contributed by atoms with Crippen LogP contribution in [0.5, 0.6) is 0 Å². The normalized spacial score (nSPS) is 10.7. The summed E-state index contributed by atoms with van der Waals surface area (Å²) in [6, 6.07) is 5.81. The van der Waals surface area contributed by atoms with Crippen molar-refractivity contribution in [3.8, 4) is 5.82 Å². The van der Waals surface area contributed by atoms with Gasteiger partial charge in [0.15, 0.2) is 5.82 Å². The quantitative estimate of drug-likeness (QED) is 0.754. The summed E-state index contributed by atoms with van der Waals surface area (Å²) in [6.07, 6.45) is 10.4. The minimum absolute atomic E-state index is 0.690. The van der Waals surface area contributed by atoms with Crippen molar-refractivity contribution in [2.45, 2.75) is 26.4 Å². The van der Waals surface area contributed by atoms with Gasteiger partial charge in [-0.05, 0) is 24.6 Å². The standard InChI is InChI=1S/C15H18N6/c1-2-8-20-10-7-16-15(20)12-17-13-4-5-14(18-11-13)21-9-3-6-19-21/h3-7,9-11,17H,2,8,12H2,1H3. The molecule has 0 fully saturated rings. The zero-order chi connectivity index (χ0) is 14.5. The summed E-state index contributed by atoms with van der Waals surface area (Å²) in [5, 5.41) is 7.50. The molecule has 0 bridgehead atoms. The second-order valence-electron chi connectivity index (χ2n) is 4.75. The predicted octanol–water partition coefficient (Wildman–Crippen LogP) is 2.49. The minimum Gasteiger partial charge on any atom is -0.377 e. The molecule has 0 spiro atoms. The summed E-state index contributed by atoms with van der Waals surface area (Å²) in [5.74, 6) is 1.84.